The fourth-order valence-corrected chi connectivity index (χ4v) is 5.87. The number of amides is 1. The molecule has 0 radical (unpaired) electrons. The summed E-state index contributed by atoms with van der Waals surface area (Å²) in [4.78, 5) is 14.6. The molecule has 0 atom stereocenters. The highest BCUT2D eigenvalue weighted by molar-refractivity contribution is 5.75. The molecule has 1 amide bonds. The maximum Gasteiger partial charge on any atom is 0.219 e. The molecule has 1 heterocycles. The molecule has 0 spiro atoms. The predicted molar refractivity (Wildman–Crippen MR) is 172 cm³/mol. The maximum absolute atomic E-state index is 12.2. The van der Waals surface area contributed by atoms with Crippen LogP contribution in [0.2, 0.25) is 0 Å². The third-order valence-corrected chi connectivity index (χ3v) is 8.80. The van der Waals surface area contributed by atoms with Gasteiger partial charge in [-0.2, -0.15) is 0 Å². The molecule has 6 nitrogen and oxygen atoms in total. The first-order chi connectivity index (χ1) is 19.8. The second-order valence-corrected chi connectivity index (χ2v) is 13.2. The minimum atomic E-state index is -0.290. The Hall–Kier alpha value is -2.21. The van der Waals surface area contributed by atoms with Crippen LogP contribution in [0.1, 0.15) is 136 Å². The molecule has 0 aromatic carbocycles. The first-order valence-corrected chi connectivity index (χ1v) is 16.7. The number of hydrogen-bond acceptors (Lipinski definition) is 5. The van der Waals surface area contributed by atoms with E-state index in [1.165, 1.54) is 99.7 Å². The molecular weight excluding hydrogens is 508 g/mol. The Bertz CT molecular complexity index is 920. The van der Waals surface area contributed by atoms with Gasteiger partial charge in [-0.05, 0) is 90.9 Å². The maximum atomic E-state index is 12.2. The molecule has 41 heavy (non-hydrogen) atoms. The Balaban J connectivity index is 1.09. The number of likely N-dealkylation sites (tertiary alicyclic amines) is 1. The largest absolute Gasteiger partial charge is 0.394 e. The molecule has 4 N–H and O–H groups in total. The van der Waals surface area contributed by atoms with Crippen molar-refractivity contribution < 1.29 is 9.90 Å². The summed E-state index contributed by atoms with van der Waals surface area (Å²) in [5.74, 6) is 0.185. The molecule has 1 aliphatic heterocycles. The molecule has 6 heteroatoms. The molecule has 0 aromatic rings. The minimum Gasteiger partial charge on any atom is -0.394 e. The van der Waals surface area contributed by atoms with Crippen molar-refractivity contribution in [2.75, 3.05) is 26.2 Å². The standard InChI is InChI=1S/C35H60N4O2/c1-28(36-25-26-39-29(2)20-23-33(39)31-16-13-17-31)15-11-9-7-5-6-8-10-12-19-34(41)37-24-14-18-32(30-21-22-30)38-35(3,4)27-40/h36,38,40H,1-2,5-27H2,3-4H3,(H,37,41). The number of nitrogens with zero attached hydrogens (tertiary/aromatic N) is 1. The SMILES string of the molecule is C=C(CCCCCCCCCCC(=O)NCCCC(NC(C)(C)CO)=C1CC1)NCCN1C(=C)CCC1=C1CCC1. The fourth-order valence-electron chi connectivity index (χ4n) is 5.87. The average molecular weight is 569 g/mol. The Morgan fingerprint density at radius 1 is 0.829 bits per heavy atom. The zero-order valence-electron chi connectivity index (χ0n) is 26.5. The lowest BCUT2D eigenvalue weighted by Gasteiger charge is -2.28. The van der Waals surface area contributed by atoms with E-state index in [0.717, 1.165) is 58.2 Å². The monoisotopic (exact) mass is 568 g/mol. The lowest BCUT2D eigenvalue weighted by molar-refractivity contribution is -0.121. The molecule has 0 aromatic heterocycles. The number of nitrogens with one attached hydrogen (secondary N) is 3. The second kappa shape index (κ2) is 17.7. The van der Waals surface area contributed by atoms with Gasteiger partial charge in [0.2, 0.25) is 5.91 Å². The number of carbonyl (C=O) groups excluding carboxylic acids is 1. The van der Waals surface area contributed by atoms with Crippen LogP contribution in [0.5, 0.6) is 0 Å². The van der Waals surface area contributed by atoms with Crippen molar-refractivity contribution in [3.05, 3.63) is 47.1 Å². The Kier molecular flexibility index (Phi) is 14.4. The van der Waals surface area contributed by atoms with E-state index < -0.39 is 0 Å². The number of carbonyl (C=O) groups is 1. The van der Waals surface area contributed by atoms with Gasteiger partial charge in [-0.15, -0.1) is 0 Å². The van der Waals surface area contributed by atoms with Crippen LogP contribution in [0, 0.1) is 0 Å². The van der Waals surface area contributed by atoms with Gasteiger partial charge < -0.3 is 26.0 Å². The highest BCUT2D eigenvalue weighted by Gasteiger charge is 2.26. The van der Waals surface area contributed by atoms with Crippen molar-refractivity contribution in [2.24, 2.45) is 0 Å². The van der Waals surface area contributed by atoms with Crippen LogP contribution in [0.4, 0.5) is 0 Å². The number of aliphatic hydroxyl groups is 1. The van der Waals surface area contributed by atoms with Crippen LogP contribution < -0.4 is 16.0 Å². The number of rotatable bonds is 22. The minimum absolute atomic E-state index is 0.116. The van der Waals surface area contributed by atoms with Gasteiger partial charge in [-0.3, -0.25) is 4.79 Å². The molecule has 0 bridgehead atoms. The zero-order valence-corrected chi connectivity index (χ0v) is 26.5. The number of allylic oxidation sites excluding steroid dienone is 6. The Morgan fingerprint density at radius 3 is 2.10 bits per heavy atom. The molecule has 3 fully saturated rings. The molecule has 2 saturated carbocycles. The van der Waals surface area contributed by atoms with Crippen LogP contribution in [-0.4, -0.2) is 47.7 Å². The summed E-state index contributed by atoms with van der Waals surface area (Å²) >= 11 is 0. The molecule has 0 unspecified atom stereocenters. The first kappa shape index (κ1) is 33.3. The lowest BCUT2D eigenvalue weighted by atomic mass is 9.90. The van der Waals surface area contributed by atoms with Crippen molar-refractivity contribution in [1.82, 2.24) is 20.9 Å². The number of hydrogen-bond donors (Lipinski definition) is 4. The van der Waals surface area contributed by atoms with E-state index in [1.807, 2.05) is 13.8 Å². The molecule has 2 aliphatic carbocycles. The normalized spacial score (nSPS) is 16.6. The summed E-state index contributed by atoms with van der Waals surface area (Å²) in [5.41, 5.74) is 8.16. The van der Waals surface area contributed by atoms with Crippen LogP contribution >= 0.6 is 0 Å². The van der Waals surface area contributed by atoms with Gasteiger partial charge in [-0.1, -0.05) is 62.8 Å². The van der Waals surface area contributed by atoms with Crippen molar-refractivity contribution in [2.45, 2.75) is 141 Å². The smallest absolute Gasteiger partial charge is 0.219 e. The van der Waals surface area contributed by atoms with Crippen LogP contribution in [0.25, 0.3) is 0 Å². The van der Waals surface area contributed by atoms with Gasteiger partial charge in [0, 0.05) is 48.8 Å². The lowest BCUT2D eigenvalue weighted by Crippen LogP contribution is -2.42. The predicted octanol–water partition coefficient (Wildman–Crippen LogP) is 7.34. The average Bonchev–Trinajstić information content (AvgIpc) is 3.71. The van der Waals surface area contributed by atoms with Gasteiger partial charge in [0.1, 0.15) is 0 Å². The second-order valence-electron chi connectivity index (χ2n) is 13.2. The zero-order chi connectivity index (χ0) is 29.5. The van der Waals surface area contributed by atoms with Gasteiger partial charge in [0.15, 0.2) is 0 Å². The Labute approximate surface area is 251 Å². The summed E-state index contributed by atoms with van der Waals surface area (Å²) < 4.78 is 0. The fraction of sp³-hybridized carbons (Fsp3) is 0.743. The summed E-state index contributed by atoms with van der Waals surface area (Å²) in [6.07, 6.45) is 21.9. The van der Waals surface area contributed by atoms with E-state index in [4.69, 9.17) is 0 Å². The molecule has 3 aliphatic rings. The van der Waals surface area contributed by atoms with Crippen molar-refractivity contribution in [3.8, 4) is 0 Å². The van der Waals surface area contributed by atoms with Crippen LogP contribution in [0.3, 0.4) is 0 Å². The van der Waals surface area contributed by atoms with E-state index in [-0.39, 0.29) is 18.1 Å². The van der Waals surface area contributed by atoms with Gasteiger partial charge in [-0.25, -0.2) is 0 Å². The van der Waals surface area contributed by atoms with Crippen molar-refractivity contribution in [3.63, 3.8) is 0 Å². The van der Waals surface area contributed by atoms with Crippen LogP contribution in [0.15, 0.2) is 47.1 Å². The Morgan fingerprint density at radius 2 is 1.49 bits per heavy atom. The van der Waals surface area contributed by atoms with Crippen molar-refractivity contribution >= 4 is 5.91 Å². The van der Waals surface area contributed by atoms with E-state index in [9.17, 15) is 9.90 Å². The van der Waals surface area contributed by atoms with E-state index in [2.05, 4.69) is 34.0 Å². The quantitative estimate of drug-likeness (QED) is 0.103. The van der Waals surface area contributed by atoms with Crippen LogP contribution in [-0.2, 0) is 4.79 Å². The third kappa shape index (κ3) is 12.7. The highest BCUT2D eigenvalue weighted by atomic mass is 16.3. The molecule has 1 saturated heterocycles. The molecular formula is C35H60N4O2. The summed E-state index contributed by atoms with van der Waals surface area (Å²) in [7, 11) is 0. The first-order valence-electron chi connectivity index (χ1n) is 16.7. The van der Waals surface area contributed by atoms with Gasteiger partial charge >= 0.3 is 0 Å². The number of unbranched alkanes of at least 4 members (excludes halogenated alkanes) is 7. The van der Waals surface area contributed by atoms with Gasteiger partial charge in [0.25, 0.3) is 0 Å². The van der Waals surface area contributed by atoms with E-state index in [0.29, 0.717) is 6.42 Å². The van der Waals surface area contributed by atoms with Crippen molar-refractivity contribution in [1.29, 1.82) is 0 Å². The molecule has 232 valence electrons. The van der Waals surface area contributed by atoms with Gasteiger partial charge in [0.05, 0.1) is 12.1 Å². The highest BCUT2D eigenvalue weighted by Crippen LogP contribution is 2.38. The van der Waals surface area contributed by atoms with E-state index >= 15 is 0 Å². The summed E-state index contributed by atoms with van der Waals surface area (Å²) in [5, 5.41) is 19.7. The summed E-state index contributed by atoms with van der Waals surface area (Å²) in [6, 6.07) is 0. The molecule has 3 rings (SSSR count). The topological polar surface area (TPSA) is 76.6 Å². The number of aliphatic hydroxyl groups excluding tert-OH is 1. The van der Waals surface area contributed by atoms with E-state index in [1.54, 1.807) is 11.3 Å². The third-order valence-electron chi connectivity index (χ3n) is 8.80. The summed E-state index contributed by atoms with van der Waals surface area (Å²) in [6.45, 7) is 15.4.